The van der Waals surface area contributed by atoms with E-state index in [1.165, 1.54) is 4.70 Å². The van der Waals surface area contributed by atoms with Gasteiger partial charge in [0, 0.05) is 6.42 Å². The van der Waals surface area contributed by atoms with Crippen LogP contribution in [0.3, 0.4) is 0 Å². The van der Waals surface area contributed by atoms with Crippen LogP contribution in [-0.2, 0) is 12.2 Å². The van der Waals surface area contributed by atoms with Gasteiger partial charge in [-0.15, -0.1) is 10.2 Å². The predicted octanol–water partition coefficient (Wildman–Crippen LogP) is 3.82. The molecule has 0 saturated heterocycles. The van der Waals surface area contributed by atoms with Crippen molar-refractivity contribution in [1.82, 2.24) is 24.7 Å². The number of para-hydroxylation sites is 1. The van der Waals surface area contributed by atoms with Crippen molar-refractivity contribution in [3.8, 4) is 0 Å². The molecule has 0 spiro atoms. The van der Waals surface area contributed by atoms with E-state index in [-0.39, 0.29) is 0 Å². The molecule has 0 aliphatic heterocycles. The predicted molar refractivity (Wildman–Crippen MR) is 90.8 cm³/mol. The van der Waals surface area contributed by atoms with Gasteiger partial charge in [-0.1, -0.05) is 54.2 Å². The fourth-order valence-corrected chi connectivity index (χ4v) is 4.18. The summed E-state index contributed by atoms with van der Waals surface area (Å²) in [5, 5.41) is 13.4. The van der Waals surface area contributed by atoms with Crippen LogP contribution in [0.5, 0.6) is 0 Å². The van der Waals surface area contributed by atoms with Crippen molar-refractivity contribution < 1.29 is 4.52 Å². The first-order chi connectivity index (χ1) is 11.2. The molecule has 0 amide bonds. The van der Waals surface area contributed by atoms with Gasteiger partial charge in [0.25, 0.3) is 0 Å². The molecule has 1 aromatic carbocycles. The number of benzene rings is 1. The molecule has 118 valence electrons. The second-order valence-corrected chi connectivity index (χ2v) is 7.61. The molecule has 8 heteroatoms. The first-order valence-corrected chi connectivity index (χ1v) is 9.18. The maximum atomic E-state index is 5.31. The molecule has 0 fully saturated rings. The Kier molecular flexibility index (Phi) is 3.78. The Bertz CT molecular complexity index is 955. The maximum absolute atomic E-state index is 5.31. The normalized spacial score (nSPS) is 12.0. The average molecular weight is 345 g/mol. The van der Waals surface area contributed by atoms with Gasteiger partial charge in [-0.2, -0.15) is 4.98 Å². The zero-order chi connectivity index (χ0) is 15.8. The maximum Gasteiger partial charge on any atom is 0.237 e. The van der Waals surface area contributed by atoms with Crippen LogP contribution >= 0.6 is 23.1 Å². The Morgan fingerprint density at radius 2 is 2.13 bits per heavy atom. The van der Waals surface area contributed by atoms with E-state index in [0.29, 0.717) is 17.6 Å². The fraction of sp³-hybridized carbons (Fsp3) is 0.333. The Balaban J connectivity index is 1.57. The summed E-state index contributed by atoms with van der Waals surface area (Å²) in [6.45, 7) is 4.28. The molecule has 4 rings (SSSR count). The van der Waals surface area contributed by atoms with E-state index in [1.807, 2.05) is 12.1 Å². The minimum atomic E-state index is 0.515. The third kappa shape index (κ3) is 2.84. The molecule has 0 saturated carbocycles. The van der Waals surface area contributed by atoms with E-state index >= 15 is 0 Å². The highest BCUT2D eigenvalue weighted by molar-refractivity contribution is 7.98. The van der Waals surface area contributed by atoms with Gasteiger partial charge in [0.15, 0.2) is 11.0 Å². The quantitative estimate of drug-likeness (QED) is 0.512. The third-order valence-electron chi connectivity index (χ3n) is 3.34. The highest BCUT2D eigenvalue weighted by Crippen LogP contribution is 2.30. The lowest BCUT2D eigenvalue weighted by molar-refractivity contribution is 0.382. The molecule has 0 unspecified atom stereocenters. The summed E-state index contributed by atoms with van der Waals surface area (Å²) >= 11 is 3.20. The number of aromatic nitrogens is 5. The van der Waals surface area contributed by atoms with E-state index in [1.54, 1.807) is 23.1 Å². The molecule has 3 aromatic heterocycles. The third-order valence-corrected chi connectivity index (χ3v) is 5.26. The molecule has 23 heavy (non-hydrogen) atoms. The van der Waals surface area contributed by atoms with Crippen molar-refractivity contribution in [2.24, 2.45) is 5.92 Å². The molecule has 0 N–H and O–H groups in total. The Morgan fingerprint density at radius 1 is 1.26 bits per heavy atom. The number of hydrogen-bond acceptors (Lipinski definition) is 7. The average Bonchev–Trinajstić information content (AvgIpc) is 3.19. The van der Waals surface area contributed by atoms with E-state index in [0.717, 1.165) is 27.9 Å². The van der Waals surface area contributed by atoms with Gasteiger partial charge in [0.05, 0.1) is 16.0 Å². The zero-order valence-electron chi connectivity index (χ0n) is 12.8. The Labute approximate surface area is 140 Å². The van der Waals surface area contributed by atoms with E-state index in [4.69, 9.17) is 4.52 Å². The summed E-state index contributed by atoms with van der Waals surface area (Å²) in [5.74, 6) is 2.50. The van der Waals surface area contributed by atoms with Gasteiger partial charge in [-0.25, -0.2) is 0 Å². The summed E-state index contributed by atoms with van der Waals surface area (Å²) in [6, 6.07) is 8.24. The standard InChI is InChI=1S/C15H15N5OS2/c1-9(2)7-12-16-13(21-19-12)8-22-14-17-18-15-20(14)10-5-3-4-6-11(10)23-15/h3-6,9H,7-8H2,1-2H3. The van der Waals surface area contributed by atoms with Crippen LogP contribution in [0.4, 0.5) is 0 Å². The van der Waals surface area contributed by atoms with Crippen LogP contribution in [0, 0.1) is 5.92 Å². The minimum Gasteiger partial charge on any atom is -0.338 e. The van der Waals surface area contributed by atoms with E-state index in [2.05, 4.69) is 50.7 Å². The molecule has 0 aliphatic carbocycles. The molecular weight excluding hydrogens is 330 g/mol. The molecule has 0 atom stereocenters. The molecule has 3 heterocycles. The summed E-state index contributed by atoms with van der Waals surface area (Å²) in [5.41, 5.74) is 1.13. The summed E-state index contributed by atoms with van der Waals surface area (Å²) in [4.78, 5) is 5.33. The van der Waals surface area contributed by atoms with Crippen LogP contribution in [0.2, 0.25) is 0 Å². The van der Waals surface area contributed by atoms with Crippen molar-refractivity contribution in [2.75, 3.05) is 0 Å². The smallest absolute Gasteiger partial charge is 0.237 e. The van der Waals surface area contributed by atoms with Gasteiger partial charge in [0.2, 0.25) is 10.9 Å². The Hall–Kier alpha value is -1.93. The number of fused-ring (bicyclic) bond motifs is 3. The summed E-state index contributed by atoms with van der Waals surface area (Å²) in [7, 11) is 0. The zero-order valence-corrected chi connectivity index (χ0v) is 14.4. The van der Waals surface area contributed by atoms with Crippen LogP contribution < -0.4 is 0 Å². The second-order valence-electron chi connectivity index (χ2n) is 5.66. The highest BCUT2D eigenvalue weighted by Gasteiger charge is 2.14. The first kappa shape index (κ1) is 14.6. The highest BCUT2D eigenvalue weighted by atomic mass is 32.2. The number of nitrogens with zero attached hydrogens (tertiary/aromatic N) is 5. The number of thioether (sulfide) groups is 1. The number of hydrogen-bond donors (Lipinski definition) is 0. The largest absolute Gasteiger partial charge is 0.338 e. The Morgan fingerprint density at radius 3 is 3.00 bits per heavy atom. The molecule has 4 aromatic rings. The van der Waals surface area contributed by atoms with Gasteiger partial charge in [0.1, 0.15) is 0 Å². The fourth-order valence-electron chi connectivity index (χ4n) is 2.37. The lowest BCUT2D eigenvalue weighted by Crippen LogP contribution is -1.96. The van der Waals surface area contributed by atoms with Gasteiger partial charge in [-0.05, 0) is 18.1 Å². The number of rotatable bonds is 5. The van der Waals surface area contributed by atoms with Crippen LogP contribution in [-0.4, -0.2) is 24.7 Å². The van der Waals surface area contributed by atoms with Crippen molar-refractivity contribution in [3.05, 3.63) is 36.0 Å². The van der Waals surface area contributed by atoms with Crippen molar-refractivity contribution in [3.63, 3.8) is 0 Å². The lowest BCUT2D eigenvalue weighted by Gasteiger charge is -1.97. The van der Waals surface area contributed by atoms with Crippen LogP contribution in [0.25, 0.3) is 15.2 Å². The monoisotopic (exact) mass is 345 g/mol. The minimum absolute atomic E-state index is 0.515. The summed E-state index contributed by atoms with van der Waals surface area (Å²) < 4.78 is 8.59. The van der Waals surface area contributed by atoms with Crippen molar-refractivity contribution >= 4 is 38.3 Å². The van der Waals surface area contributed by atoms with Crippen LogP contribution in [0.1, 0.15) is 25.6 Å². The van der Waals surface area contributed by atoms with Crippen molar-refractivity contribution in [2.45, 2.75) is 31.2 Å². The molecule has 0 bridgehead atoms. The molecule has 0 aliphatic rings. The van der Waals surface area contributed by atoms with Crippen molar-refractivity contribution in [1.29, 1.82) is 0 Å². The van der Waals surface area contributed by atoms with Gasteiger partial charge in [-0.3, -0.25) is 4.40 Å². The molecule has 0 radical (unpaired) electrons. The van der Waals surface area contributed by atoms with Crippen LogP contribution in [0.15, 0.2) is 33.9 Å². The lowest BCUT2D eigenvalue weighted by atomic mass is 10.1. The first-order valence-electron chi connectivity index (χ1n) is 7.37. The molecule has 6 nitrogen and oxygen atoms in total. The summed E-state index contributed by atoms with van der Waals surface area (Å²) in [6.07, 6.45) is 0.832. The van der Waals surface area contributed by atoms with Gasteiger partial charge >= 0.3 is 0 Å². The second kappa shape index (κ2) is 5.93. The van der Waals surface area contributed by atoms with E-state index < -0.39 is 0 Å². The van der Waals surface area contributed by atoms with E-state index in [9.17, 15) is 0 Å². The molecular formula is C15H15N5OS2. The topological polar surface area (TPSA) is 69.1 Å². The SMILES string of the molecule is CC(C)Cc1noc(CSc2nnc3sc4ccccc4n23)n1. The number of thiazole rings is 1. The van der Waals surface area contributed by atoms with Gasteiger partial charge < -0.3 is 4.52 Å².